The molecule has 1 atom stereocenters. The highest BCUT2D eigenvalue weighted by molar-refractivity contribution is 5.94. The highest BCUT2D eigenvalue weighted by Crippen LogP contribution is 2.43. The zero-order valence-electron chi connectivity index (χ0n) is 14.3. The van der Waals surface area contributed by atoms with Crippen LogP contribution in [0, 0.1) is 13.8 Å². The van der Waals surface area contributed by atoms with Gasteiger partial charge in [-0.25, -0.2) is 0 Å². The summed E-state index contributed by atoms with van der Waals surface area (Å²) in [6.07, 6.45) is -2.86. The minimum atomic E-state index is -4.52. The Bertz CT molecular complexity index is 806. The van der Waals surface area contributed by atoms with Gasteiger partial charge in [-0.05, 0) is 56.9 Å². The molecule has 3 rings (SSSR count). The first kappa shape index (κ1) is 17.5. The van der Waals surface area contributed by atoms with E-state index in [4.69, 9.17) is 0 Å². The molecule has 7 heteroatoms. The van der Waals surface area contributed by atoms with Crippen molar-refractivity contribution in [1.29, 1.82) is 0 Å². The maximum atomic E-state index is 13.0. The lowest BCUT2D eigenvalue weighted by atomic mass is 10.1. The highest BCUT2D eigenvalue weighted by Gasteiger charge is 2.39. The lowest BCUT2D eigenvalue weighted by molar-refractivity contribution is -0.141. The van der Waals surface area contributed by atoms with Crippen molar-refractivity contribution in [2.24, 2.45) is 0 Å². The van der Waals surface area contributed by atoms with Gasteiger partial charge >= 0.3 is 6.18 Å². The molecule has 134 valence electrons. The van der Waals surface area contributed by atoms with Gasteiger partial charge in [-0.1, -0.05) is 12.1 Å². The van der Waals surface area contributed by atoms with Crippen molar-refractivity contribution in [2.45, 2.75) is 51.7 Å². The largest absolute Gasteiger partial charge is 0.435 e. The molecule has 1 unspecified atom stereocenters. The number of benzene rings is 1. The molecule has 0 radical (unpaired) electrons. The third-order valence-electron chi connectivity index (χ3n) is 4.66. The van der Waals surface area contributed by atoms with Gasteiger partial charge in [-0.3, -0.25) is 9.48 Å². The summed E-state index contributed by atoms with van der Waals surface area (Å²) >= 11 is 0. The van der Waals surface area contributed by atoms with Gasteiger partial charge in [0.05, 0.1) is 0 Å². The molecule has 4 nitrogen and oxygen atoms in total. The molecule has 1 amide bonds. The van der Waals surface area contributed by atoms with Gasteiger partial charge < -0.3 is 5.32 Å². The monoisotopic (exact) mass is 351 g/mol. The van der Waals surface area contributed by atoms with Crippen molar-refractivity contribution in [3.63, 3.8) is 0 Å². The molecule has 1 aromatic heterocycles. The molecule has 0 bridgehead atoms. The number of halogens is 3. The second-order valence-electron chi connectivity index (χ2n) is 6.58. The Morgan fingerprint density at radius 2 is 2.00 bits per heavy atom. The van der Waals surface area contributed by atoms with Gasteiger partial charge in [0.15, 0.2) is 5.69 Å². The zero-order valence-corrected chi connectivity index (χ0v) is 14.3. The number of amides is 1. The van der Waals surface area contributed by atoms with Crippen molar-refractivity contribution < 1.29 is 18.0 Å². The van der Waals surface area contributed by atoms with Crippen LogP contribution in [0.3, 0.4) is 0 Å². The molecule has 0 spiro atoms. The molecule has 0 saturated heterocycles. The summed E-state index contributed by atoms with van der Waals surface area (Å²) in [6.45, 7) is 5.39. The van der Waals surface area contributed by atoms with Crippen LogP contribution in [0.25, 0.3) is 0 Å². The van der Waals surface area contributed by atoms with Crippen LogP contribution in [-0.2, 0) is 11.0 Å². The second kappa shape index (κ2) is 6.20. The molecule has 1 N–H and O–H groups in total. The Kier molecular flexibility index (Phi) is 4.34. The number of hydrogen-bond acceptors (Lipinski definition) is 2. The van der Waals surface area contributed by atoms with E-state index in [1.165, 1.54) is 4.68 Å². The minimum absolute atomic E-state index is 0.0551. The first-order valence-electron chi connectivity index (χ1n) is 8.22. The first-order chi connectivity index (χ1) is 11.7. The molecule has 1 aliphatic rings. The predicted molar refractivity (Wildman–Crippen MR) is 88.5 cm³/mol. The normalized spacial score (nSPS) is 15.9. The molecule has 1 aromatic carbocycles. The first-order valence-corrected chi connectivity index (χ1v) is 8.22. The lowest BCUT2D eigenvalue weighted by Crippen LogP contribution is -2.26. The van der Waals surface area contributed by atoms with Gasteiger partial charge in [0, 0.05) is 17.3 Å². The fourth-order valence-corrected chi connectivity index (χ4v) is 2.78. The van der Waals surface area contributed by atoms with E-state index in [9.17, 15) is 18.0 Å². The van der Waals surface area contributed by atoms with Crippen molar-refractivity contribution in [1.82, 2.24) is 9.78 Å². The van der Waals surface area contributed by atoms with Crippen LogP contribution in [0.4, 0.5) is 18.9 Å². The molecule has 1 aliphatic carbocycles. The molecular weight excluding hydrogens is 331 g/mol. The molecule has 1 saturated carbocycles. The summed E-state index contributed by atoms with van der Waals surface area (Å²) in [6, 6.07) is 5.78. The van der Waals surface area contributed by atoms with Gasteiger partial charge in [-0.2, -0.15) is 18.3 Å². The van der Waals surface area contributed by atoms with E-state index < -0.39 is 17.9 Å². The number of carbonyl (C=O) groups is 1. The van der Waals surface area contributed by atoms with Crippen LogP contribution in [0.1, 0.15) is 54.2 Å². The number of aryl methyl sites for hydroxylation is 1. The quantitative estimate of drug-likeness (QED) is 0.875. The number of hydrogen-bond donors (Lipinski definition) is 1. The summed E-state index contributed by atoms with van der Waals surface area (Å²) < 4.78 is 40.2. The average molecular weight is 351 g/mol. The van der Waals surface area contributed by atoms with Crippen LogP contribution in [-0.4, -0.2) is 15.7 Å². The number of anilines is 1. The Morgan fingerprint density at radius 1 is 1.32 bits per heavy atom. The summed E-state index contributed by atoms with van der Waals surface area (Å²) in [5, 5.41) is 6.48. The third kappa shape index (κ3) is 3.55. The molecule has 1 heterocycles. The van der Waals surface area contributed by atoms with Crippen LogP contribution in [0.15, 0.2) is 24.3 Å². The van der Waals surface area contributed by atoms with E-state index in [-0.39, 0.29) is 11.8 Å². The lowest BCUT2D eigenvalue weighted by Gasteiger charge is -2.17. The van der Waals surface area contributed by atoms with Gasteiger partial charge in [0.25, 0.3) is 0 Å². The van der Waals surface area contributed by atoms with E-state index in [2.05, 4.69) is 10.4 Å². The average Bonchev–Trinajstić information content (AvgIpc) is 3.28. The molecule has 0 aliphatic heterocycles. The number of carbonyl (C=O) groups excluding carboxylic acids is 1. The Balaban J connectivity index is 1.87. The maximum Gasteiger partial charge on any atom is 0.435 e. The summed E-state index contributed by atoms with van der Waals surface area (Å²) in [7, 11) is 0. The van der Waals surface area contributed by atoms with E-state index in [0.717, 1.165) is 30.0 Å². The number of rotatable bonds is 4. The van der Waals surface area contributed by atoms with Crippen LogP contribution in [0.5, 0.6) is 0 Å². The van der Waals surface area contributed by atoms with Crippen molar-refractivity contribution >= 4 is 11.6 Å². The van der Waals surface area contributed by atoms with Gasteiger partial charge in [-0.15, -0.1) is 0 Å². The molecule has 2 aromatic rings. The van der Waals surface area contributed by atoms with Crippen LogP contribution >= 0.6 is 0 Å². The smallest absolute Gasteiger partial charge is 0.324 e. The van der Waals surface area contributed by atoms with E-state index in [1.807, 2.05) is 26.0 Å². The maximum absolute atomic E-state index is 13.0. The van der Waals surface area contributed by atoms with E-state index in [1.54, 1.807) is 13.0 Å². The van der Waals surface area contributed by atoms with Gasteiger partial charge in [0.1, 0.15) is 6.04 Å². The summed E-state index contributed by atoms with van der Waals surface area (Å²) in [4.78, 5) is 12.6. The van der Waals surface area contributed by atoms with Crippen molar-refractivity contribution in [3.8, 4) is 0 Å². The zero-order chi connectivity index (χ0) is 18.4. The van der Waals surface area contributed by atoms with Crippen molar-refractivity contribution in [2.75, 3.05) is 5.32 Å². The van der Waals surface area contributed by atoms with E-state index in [0.29, 0.717) is 11.4 Å². The second-order valence-corrected chi connectivity index (χ2v) is 6.58. The number of alkyl halides is 3. The van der Waals surface area contributed by atoms with E-state index >= 15 is 0 Å². The SMILES string of the molecule is Cc1cccc(NC(=O)C(C)n2nc(C(F)(F)F)cc2C2CC2)c1C. The fraction of sp³-hybridized carbons (Fsp3) is 0.444. The van der Waals surface area contributed by atoms with Crippen LogP contribution in [0.2, 0.25) is 0 Å². The Morgan fingerprint density at radius 3 is 2.60 bits per heavy atom. The molecule has 1 fully saturated rings. The highest BCUT2D eigenvalue weighted by atomic mass is 19.4. The number of aromatic nitrogens is 2. The summed E-state index contributed by atoms with van der Waals surface area (Å²) in [5.74, 6) is -0.327. The predicted octanol–water partition coefficient (Wildman–Crippen LogP) is 4.60. The van der Waals surface area contributed by atoms with Crippen LogP contribution < -0.4 is 5.32 Å². The topological polar surface area (TPSA) is 46.9 Å². The molecule has 25 heavy (non-hydrogen) atoms. The standard InChI is InChI=1S/C18H20F3N3O/c1-10-5-4-6-14(11(10)2)22-17(25)12(3)24-15(13-7-8-13)9-16(23-24)18(19,20)21/h4-6,9,12-13H,7-8H2,1-3H3,(H,22,25). The summed E-state index contributed by atoms with van der Waals surface area (Å²) in [5.41, 5.74) is 2.16. The number of nitrogens with one attached hydrogen (secondary N) is 1. The van der Waals surface area contributed by atoms with Crippen molar-refractivity contribution in [3.05, 3.63) is 46.8 Å². The minimum Gasteiger partial charge on any atom is -0.324 e. The van der Waals surface area contributed by atoms with Gasteiger partial charge in [0.2, 0.25) is 5.91 Å². The number of nitrogens with zero attached hydrogens (tertiary/aromatic N) is 2. The molecular formula is C18H20F3N3O. The Hall–Kier alpha value is -2.31. The third-order valence-corrected chi connectivity index (χ3v) is 4.66. The fourth-order valence-electron chi connectivity index (χ4n) is 2.78. The Labute approximate surface area is 144 Å².